The summed E-state index contributed by atoms with van der Waals surface area (Å²) in [6.07, 6.45) is 0.105. The van der Waals surface area contributed by atoms with Crippen molar-refractivity contribution in [3.63, 3.8) is 0 Å². The van der Waals surface area contributed by atoms with Gasteiger partial charge in [0.25, 0.3) is 0 Å². The number of rotatable bonds is 7. The molecular formula is C21H20N2O5. The number of nitriles is 1. The first-order valence-corrected chi connectivity index (χ1v) is 8.85. The number of hydrogen-bond acceptors (Lipinski definition) is 6. The predicted octanol–water partition coefficient (Wildman–Crippen LogP) is 2.54. The highest BCUT2D eigenvalue weighted by Gasteiger charge is 2.37. The molecule has 0 radical (unpaired) electrons. The van der Waals surface area contributed by atoms with Crippen molar-refractivity contribution in [1.29, 1.82) is 5.26 Å². The van der Waals surface area contributed by atoms with Crippen molar-refractivity contribution in [3.8, 4) is 17.6 Å². The van der Waals surface area contributed by atoms with Gasteiger partial charge in [0, 0.05) is 13.0 Å². The van der Waals surface area contributed by atoms with Gasteiger partial charge in [-0.05, 0) is 36.4 Å². The van der Waals surface area contributed by atoms with Crippen LogP contribution >= 0.6 is 0 Å². The molecule has 0 aromatic heterocycles. The molecule has 144 valence electrons. The largest absolute Gasteiger partial charge is 0.495 e. The van der Waals surface area contributed by atoms with Crippen molar-refractivity contribution < 1.29 is 23.8 Å². The molecule has 0 saturated carbocycles. The van der Waals surface area contributed by atoms with E-state index in [2.05, 4.69) is 0 Å². The molecule has 7 nitrogen and oxygen atoms in total. The second-order valence-corrected chi connectivity index (χ2v) is 6.23. The maximum Gasteiger partial charge on any atom is 0.311 e. The number of benzene rings is 2. The maximum absolute atomic E-state index is 12.3. The highest BCUT2D eigenvalue weighted by atomic mass is 16.6. The van der Waals surface area contributed by atoms with Crippen LogP contribution in [0.5, 0.6) is 11.5 Å². The molecular weight excluding hydrogens is 360 g/mol. The summed E-state index contributed by atoms with van der Waals surface area (Å²) in [6, 6.07) is 15.9. The second-order valence-electron chi connectivity index (χ2n) is 6.23. The number of anilines is 1. The average molecular weight is 380 g/mol. The summed E-state index contributed by atoms with van der Waals surface area (Å²) in [5, 5.41) is 8.76. The molecule has 0 bridgehead atoms. The van der Waals surface area contributed by atoms with Gasteiger partial charge in [0.05, 0.1) is 30.3 Å². The van der Waals surface area contributed by atoms with E-state index in [1.807, 2.05) is 18.2 Å². The first-order valence-electron chi connectivity index (χ1n) is 8.85. The van der Waals surface area contributed by atoms with Crippen LogP contribution in [0.1, 0.15) is 12.0 Å². The fourth-order valence-corrected chi connectivity index (χ4v) is 3.00. The lowest BCUT2D eigenvalue weighted by molar-refractivity contribution is -0.149. The Morgan fingerprint density at radius 3 is 2.64 bits per heavy atom. The number of hydrogen-bond donors (Lipinski definition) is 0. The summed E-state index contributed by atoms with van der Waals surface area (Å²) < 4.78 is 16.0. The van der Waals surface area contributed by atoms with E-state index in [4.69, 9.17) is 19.5 Å². The number of esters is 1. The Bertz CT molecular complexity index is 888. The minimum absolute atomic E-state index is 0.0815. The second kappa shape index (κ2) is 8.91. The summed E-state index contributed by atoms with van der Waals surface area (Å²) in [6.45, 7) is 0.529. The van der Waals surface area contributed by atoms with Gasteiger partial charge in [-0.1, -0.05) is 12.1 Å². The van der Waals surface area contributed by atoms with Crippen LogP contribution in [0.3, 0.4) is 0 Å². The van der Waals surface area contributed by atoms with Crippen LogP contribution in [0.4, 0.5) is 5.69 Å². The number of nitrogens with zero attached hydrogens (tertiary/aromatic N) is 2. The molecule has 1 atom stereocenters. The molecule has 1 aliphatic rings. The predicted molar refractivity (Wildman–Crippen MR) is 101 cm³/mol. The highest BCUT2D eigenvalue weighted by molar-refractivity contribution is 6.00. The zero-order chi connectivity index (χ0) is 19.9. The summed E-state index contributed by atoms with van der Waals surface area (Å²) in [5.74, 6) is 0.0934. The van der Waals surface area contributed by atoms with Crippen LogP contribution in [0, 0.1) is 17.2 Å². The first-order chi connectivity index (χ1) is 13.6. The Balaban J connectivity index is 1.48. The minimum Gasteiger partial charge on any atom is -0.495 e. The Hall–Kier alpha value is -3.53. The van der Waals surface area contributed by atoms with E-state index in [9.17, 15) is 9.59 Å². The number of methoxy groups -OCH3 is 1. The Morgan fingerprint density at radius 2 is 1.93 bits per heavy atom. The third kappa shape index (κ3) is 4.41. The van der Waals surface area contributed by atoms with Crippen molar-refractivity contribution in [1.82, 2.24) is 0 Å². The molecule has 28 heavy (non-hydrogen) atoms. The fraction of sp³-hybridized carbons (Fsp3) is 0.286. The molecule has 2 aromatic rings. The van der Waals surface area contributed by atoms with Crippen LogP contribution < -0.4 is 14.4 Å². The smallest absolute Gasteiger partial charge is 0.311 e. The van der Waals surface area contributed by atoms with Crippen molar-refractivity contribution in [2.24, 2.45) is 5.92 Å². The van der Waals surface area contributed by atoms with Gasteiger partial charge in [0.2, 0.25) is 5.91 Å². The zero-order valence-corrected chi connectivity index (χ0v) is 15.5. The quantitative estimate of drug-likeness (QED) is 0.542. The van der Waals surface area contributed by atoms with Gasteiger partial charge >= 0.3 is 5.97 Å². The van der Waals surface area contributed by atoms with Gasteiger partial charge in [0.15, 0.2) is 0 Å². The van der Waals surface area contributed by atoms with Crippen LogP contribution in [-0.2, 0) is 14.3 Å². The maximum atomic E-state index is 12.3. The van der Waals surface area contributed by atoms with Crippen molar-refractivity contribution >= 4 is 17.6 Å². The monoisotopic (exact) mass is 380 g/mol. The molecule has 1 unspecified atom stereocenters. The topological polar surface area (TPSA) is 88.9 Å². The van der Waals surface area contributed by atoms with Gasteiger partial charge in [-0.15, -0.1) is 0 Å². The number of para-hydroxylation sites is 2. The van der Waals surface area contributed by atoms with Crippen molar-refractivity contribution in [2.75, 3.05) is 31.8 Å². The molecule has 1 fully saturated rings. The van der Waals surface area contributed by atoms with E-state index < -0.39 is 11.9 Å². The lowest BCUT2D eigenvalue weighted by Gasteiger charge is -2.19. The molecule has 7 heteroatoms. The molecule has 1 saturated heterocycles. The SMILES string of the molecule is COc1ccccc1N1CC(C(=O)OCCOc2ccc(C#N)cc2)CC1=O. The highest BCUT2D eigenvalue weighted by Crippen LogP contribution is 2.33. The summed E-state index contributed by atoms with van der Waals surface area (Å²) in [7, 11) is 1.54. The van der Waals surface area contributed by atoms with Crippen molar-refractivity contribution in [3.05, 3.63) is 54.1 Å². The standard InChI is InChI=1S/C21H20N2O5/c1-26-19-5-3-2-4-18(19)23-14-16(12-20(23)24)21(25)28-11-10-27-17-8-6-15(13-22)7-9-17/h2-9,16H,10-12,14H2,1H3. The minimum atomic E-state index is -0.521. The molecule has 0 spiro atoms. The Kier molecular flexibility index (Phi) is 6.12. The summed E-state index contributed by atoms with van der Waals surface area (Å²) in [4.78, 5) is 26.2. The molecule has 1 heterocycles. The van der Waals surface area contributed by atoms with E-state index in [0.29, 0.717) is 22.7 Å². The molecule has 1 aliphatic heterocycles. The molecule has 1 amide bonds. The summed E-state index contributed by atoms with van der Waals surface area (Å²) in [5.41, 5.74) is 1.19. The number of carbonyl (C=O) groups is 2. The van der Waals surface area contributed by atoms with Crippen LogP contribution in [0.2, 0.25) is 0 Å². The first kappa shape index (κ1) is 19.2. The third-order valence-corrected chi connectivity index (χ3v) is 4.41. The molecule has 0 N–H and O–H groups in total. The average Bonchev–Trinajstić information content (AvgIpc) is 3.13. The molecule has 0 aliphatic carbocycles. The van der Waals surface area contributed by atoms with E-state index in [1.165, 1.54) is 0 Å². The van der Waals surface area contributed by atoms with Crippen LogP contribution in [0.25, 0.3) is 0 Å². The third-order valence-electron chi connectivity index (χ3n) is 4.41. The van der Waals surface area contributed by atoms with Gasteiger partial charge in [-0.25, -0.2) is 0 Å². The van der Waals surface area contributed by atoms with Crippen LogP contribution in [-0.4, -0.2) is 38.7 Å². The number of ether oxygens (including phenoxy) is 3. The van der Waals surface area contributed by atoms with Gasteiger partial charge in [-0.2, -0.15) is 5.26 Å². The van der Waals surface area contributed by atoms with E-state index >= 15 is 0 Å². The van der Waals surface area contributed by atoms with E-state index in [1.54, 1.807) is 48.4 Å². The Labute approximate surface area is 163 Å². The van der Waals surface area contributed by atoms with Gasteiger partial charge in [-0.3, -0.25) is 9.59 Å². The lowest BCUT2D eigenvalue weighted by atomic mass is 10.1. The Morgan fingerprint density at radius 1 is 1.18 bits per heavy atom. The number of carbonyl (C=O) groups excluding carboxylic acids is 2. The lowest BCUT2D eigenvalue weighted by Crippen LogP contribution is -2.27. The fourth-order valence-electron chi connectivity index (χ4n) is 3.00. The normalized spacial score (nSPS) is 15.8. The molecule has 2 aromatic carbocycles. The number of amides is 1. The van der Waals surface area contributed by atoms with E-state index in [0.717, 1.165) is 0 Å². The zero-order valence-electron chi connectivity index (χ0n) is 15.5. The van der Waals surface area contributed by atoms with Crippen molar-refractivity contribution in [2.45, 2.75) is 6.42 Å². The van der Waals surface area contributed by atoms with Crippen LogP contribution in [0.15, 0.2) is 48.5 Å². The van der Waals surface area contributed by atoms with Gasteiger partial charge in [0.1, 0.15) is 24.7 Å². The summed E-state index contributed by atoms with van der Waals surface area (Å²) >= 11 is 0. The van der Waals surface area contributed by atoms with Gasteiger partial charge < -0.3 is 19.1 Å². The van der Waals surface area contributed by atoms with E-state index in [-0.39, 0.29) is 32.1 Å². The molecule has 3 rings (SSSR count).